The molecule has 0 spiro atoms. The fourth-order valence-corrected chi connectivity index (χ4v) is 10.9. The monoisotopic (exact) mass is 1110 g/mol. The van der Waals surface area contributed by atoms with Crippen LogP contribution in [0, 0.1) is 0 Å². The molecule has 0 aromatic heterocycles. The fourth-order valence-electron chi connectivity index (χ4n) is 8.49. The van der Waals surface area contributed by atoms with Gasteiger partial charge in [-0.3, -0.25) is 19.0 Å². The van der Waals surface area contributed by atoms with Crippen molar-refractivity contribution in [1.29, 1.82) is 0 Å². The molecule has 8 aromatic carbocycles. The van der Waals surface area contributed by atoms with Crippen molar-refractivity contribution in [2.24, 2.45) is 0 Å². The Labute approximate surface area is 471 Å². The Hall–Kier alpha value is -6.94. The Balaban J connectivity index is 0.000000277. The van der Waals surface area contributed by atoms with Gasteiger partial charge in [-0.1, -0.05) is 96.0 Å². The Morgan fingerprint density at radius 3 is 1.21 bits per heavy atom. The van der Waals surface area contributed by atoms with E-state index in [1.807, 2.05) is 116 Å². The van der Waals surface area contributed by atoms with E-state index in [0.29, 0.717) is 51.4 Å². The number of fused-ring (bicyclic) bond motifs is 2. The molecule has 0 heterocycles. The van der Waals surface area contributed by atoms with Crippen LogP contribution in [0.25, 0.3) is 21.5 Å². The largest absolute Gasteiger partial charge is 1.00 e. The van der Waals surface area contributed by atoms with Crippen LogP contribution in [0.5, 0.6) is 11.5 Å². The molecule has 0 bridgehead atoms. The van der Waals surface area contributed by atoms with Crippen LogP contribution in [-0.4, -0.2) is 72.8 Å². The number of sulfonamides is 2. The van der Waals surface area contributed by atoms with Gasteiger partial charge in [-0.15, -0.1) is 0 Å². The Morgan fingerprint density at radius 2 is 0.870 bits per heavy atom. The van der Waals surface area contributed by atoms with Crippen LogP contribution in [-0.2, 0) is 47.5 Å². The summed E-state index contributed by atoms with van der Waals surface area (Å²) in [7, 11) is -3.29. The zero-order valence-electron chi connectivity index (χ0n) is 43.2. The molecule has 20 heteroatoms. The molecular formula is C57H57Cl2LiN4O11S2. The van der Waals surface area contributed by atoms with E-state index in [2.05, 4.69) is 14.3 Å². The third-order valence-electron chi connectivity index (χ3n) is 12.4. The molecule has 0 aliphatic carbocycles. The van der Waals surface area contributed by atoms with E-state index in [4.69, 9.17) is 37.4 Å². The van der Waals surface area contributed by atoms with Crippen LogP contribution in [0.4, 0.5) is 22.7 Å². The van der Waals surface area contributed by atoms with Crippen LogP contribution < -0.4 is 47.6 Å². The fraction of sp³-hybridized carbons (Fsp3) is 0.193. The molecule has 0 aliphatic heterocycles. The van der Waals surface area contributed by atoms with E-state index in [1.165, 1.54) is 45.6 Å². The summed E-state index contributed by atoms with van der Waals surface area (Å²) in [6, 6.07) is 48.9. The summed E-state index contributed by atoms with van der Waals surface area (Å²) >= 11 is 12.1. The maximum Gasteiger partial charge on any atom is 1.00 e. The Morgan fingerprint density at radius 1 is 0.519 bits per heavy atom. The molecule has 0 saturated heterocycles. The van der Waals surface area contributed by atoms with Crippen molar-refractivity contribution in [3.63, 3.8) is 0 Å². The Bertz CT molecular complexity index is 3510. The summed E-state index contributed by atoms with van der Waals surface area (Å²) in [6.07, 6.45) is 0.123. The number of rotatable bonds is 20. The first-order valence-electron chi connectivity index (χ1n) is 23.6. The molecule has 0 aliphatic rings. The molecule has 0 saturated carbocycles. The van der Waals surface area contributed by atoms with E-state index in [0.717, 1.165) is 38.7 Å². The van der Waals surface area contributed by atoms with Crippen LogP contribution in [0.2, 0.25) is 10.0 Å². The molecule has 398 valence electrons. The SMILES string of the molecule is COC(=O)C[C@H](C)N(Cc1ccc(Cl)cc1)c1ccc(NS(=O)(=O)c2ccc(OC)cc2)c2ccccc12.COc1ccc(S(=O)(=O)Nc2ccc(N(Cc3ccc(Cl)cc3)[C@@H](C)CC(=O)O)c3ccccc23)cc1.[Li+].[OH-]. The van der Waals surface area contributed by atoms with Crippen LogP contribution in [0.3, 0.4) is 0 Å². The molecule has 15 nitrogen and oxygen atoms in total. The molecule has 8 rings (SSSR count). The minimum atomic E-state index is -3.86. The summed E-state index contributed by atoms with van der Waals surface area (Å²) < 4.78 is 73.2. The number of carboxylic acids is 1. The van der Waals surface area contributed by atoms with E-state index in [9.17, 15) is 31.5 Å². The van der Waals surface area contributed by atoms with Crippen molar-refractivity contribution in [1.82, 2.24) is 0 Å². The predicted molar refractivity (Wildman–Crippen MR) is 301 cm³/mol. The molecular weight excluding hydrogens is 1060 g/mol. The number of ether oxygens (including phenoxy) is 3. The zero-order valence-corrected chi connectivity index (χ0v) is 46.3. The number of hydrogen-bond acceptors (Lipinski definition) is 12. The van der Waals surface area contributed by atoms with Crippen molar-refractivity contribution >= 4 is 99.5 Å². The van der Waals surface area contributed by atoms with Gasteiger partial charge in [-0.05, 0) is 122 Å². The standard InChI is InChI=1S/C29H29ClN2O5S.C28H27ClN2O5S.Li.H2O/c1-20(18-29(33)37-3)32(19-21-8-10-22(30)11-9-21)28-17-16-27(25-6-4-5-7-26(25)28)31-38(34,35)24-14-12-23(36-2)13-15-24;1-19(17-28(32)33)31(18-20-7-9-21(29)10-8-20)27-16-15-26(24-5-3-4-6-25(24)27)30-37(34,35)23-13-11-22(36-2)12-14-23;;/h4-17,20,31H,18-19H2,1-3H3;3-16,19,30H,17-18H2,1-2H3,(H,32,33);;1H2/q;;+1;/p-1/t20-;19-;;/m00../s1. The average molecular weight is 1120 g/mol. The number of hydrogen-bond donors (Lipinski definition) is 3. The number of esters is 1. The number of aliphatic carboxylic acids is 1. The number of nitrogens with zero attached hydrogens (tertiary/aromatic N) is 2. The summed E-state index contributed by atoms with van der Waals surface area (Å²) in [6.45, 7) is 4.78. The minimum absolute atomic E-state index is 0. The minimum Gasteiger partial charge on any atom is -0.870 e. The second-order valence-corrected chi connectivity index (χ2v) is 21.7. The van der Waals surface area contributed by atoms with Crippen molar-refractivity contribution in [2.45, 2.75) is 61.7 Å². The van der Waals surface area contributed by atoms with E-state index in [1.54, 1.807) is 48.5 Å². The van der Waals surface area contributed by atoms with Crippen molar-refractivity contribution in [3.8, 4) is 11.5 Å². The van der Waals surface area contributed by atoms with E-state index >= 15 is 0 Å². The molecule has 0 radical (unpaired) electrons. The summed E-state index contributed by atoms with van der Waals surface area (Å²) in [4.78, 5) is 28.1. The molecule has 8 aromatic rings. The van der Waals surface area contributed by atoms with Gasteiger partial charge in [-0.2, -0.15) is 0 Å². The van der Waals surface area contributed by atoms with Gasteiger partial charge in [0.2, 0.25) is 0 Å². The van der Waals surface area contributed by atoms with Crippen molar-refractivity contribution < 1.29 is 70.1 Å². The number of methoxy groups -OCH3 is 3. The van der Waals surface area contributed by atoms with Gasteiger partial charge in [0, 0.05) is 68.1 Å². The van der Waals surface area contributed by atoms with Gasteiger partial charge >= 0.3 is 30.8 Å². The molecule has 0 fully saturated rings. The summed E-state index contributed by atoms with van der Waals surface area (Å²) in [5, 5.41) is 13.8. The molecule has 0 amide bonds. The van der Waals surface area contributed by atoms with E-state index in [-0.39, 0.29) is 65.0 Å². The third kappa shape index (κ3) is 15.6. The first-order chi connectivity index (χ1) is 35.9. The van der Waals surface area contributed by atoms with Gasteiger partial charge in [-0.25, -0.2) is 16.8 Å². The second-order valence-electron chi connectivity index (χ2n) is 17.5. The van der Waals surface area contributed by atoms with Gasteiger partial charge in [0.1, 0.15) is 11.5 Å². The van der Waals surface area contributed by atoms with Gasteiger partial charge < -0.3 is 34.6 Å². The zero-order chi connectivity index (χ0) is 53.9. The average Bonchev–Trinajstić information content (AvgIpc) is 3.40. The number of anilines is 4. The third-order valence-corrected chi connectivity index (χ3v) is 15.7. The Kier molecular flexibility index (Phi) is 21.7. The van der Waals surface area contributed by atoms with Gasteiger partial charge in [0.05, 0.1) is 55.3 Å². The smallest absolute Gasteiger partial charge is 0.870 e. The molecule has 4 N–H and O–H groups in total. The quantitative estimate of drug-likeness (QED) is 0.0481. The molecule has 77 heavy (non-hydrogen) atoms. The van der Waals surface area contributed by atoms with E-state index < -0.39 is 26.0 Å². The summed E-state index contributed by atoms with van der Waals surface area (Å²) in [5.41, 5.74) is 4.51. The number of nitrogens with one attached hydrogen (secondary N) is 2. The van der Waals surface area contributed by atoms with Crippen molar-refractivity contribution in [3.05, 3.63) is 191 Å². The maximum absolute atomic E-state index is 13.2. The molecule has 2 atom stereocenters. The van der Waals surface area contributed by atoms with Crippen molar-refractivity contribution in [2.75, 3.05) is 40.6 Å². The topological polar surface area (TPSA) is 211 Å². The number of benzene rings is 8. The first kappa shape index (κ1) is 60.9. The number of halogens is 2. The van der Waals surface area contributed by atoms with Crippen LogP contribution in [0.1, 0.15) is 37.8 Å². The van der Waals surface area contributed by atoms with Crippen LogP contribution in [0.15, 0.2) is 180 Å². The van der Waals surface area contributed by atoms with Gasteiger partial charge in [0.25, 0.3) is 20.0 Å². The number of carboxylic acid groups (broad SMARTS) is 1. The predicted octanol–water partition coefficient (Wildman–Crippen LogP) is 9.26. The van der Waals surface area contributed by atoms with Gasteiger partial charge in [0.15, 0.2) is 0 Å². The normalized spacial score (nSPS) is 11.8. The maximum atomic E-state index is 13.2. The molecule has 0 unspecified atom stereocenters. The number of carbonyl (C=O) groups excluding carboxylic acids is 1. The first-order valence-corrected chi connectivity index (χ1v) is 27.3. The van der Waals surface area contributed by atoms with Crippen LogP contribution >= 0.6 is 23.2 Å². The summed E-state index contributed by atoms with van der Waals surface area (Å²) in [5.74, 6) is -0.0841. The number of carbonyl (C=O) groups is 2. The second kappa shape index (κ2) is 27.4.